The van der Waals surface area contributed by atoms with Gasteiger partial charge in [-0.05, 0) is 24.3 Å². The first kappa shape index (κ1) is 11.0. The van der Waals surface area contributed by atoms with Gasteiger partial charge in [0.1, 0.15) is 19.8 Å². The largest absolute Gasteiger partial charge is 0.696 e. The van der Waals surface area contributed by atoms with Gasteiger partial charge in [0.25, 0.3) is 0 Å². The molecule has 1 aromatic rings. The molecule has 0 aromatic heterocycles. The molecule has 15 heavy (non-hydrogen) atoms. The van der Waals surface area contributed by atoms with Crippen molar-refractivity contribution in [2.75, 3.05) is 19.1 Å². The van der Waals surface area contributed by atoms with Crippen molar-refractivity contribution in [3.05, 3.63) is 35.0 Å². The molecule has 0 saturated carbocycles. The van der Waals surface area contributed by atoms with Gasteiger partial charge in [0.15, 0.2) is 0 Å². The van der Waals surface area contributed by atoms with Crippen LogP contribution < -0.4 is 10.7 Å². The third kappa shape index (κ3) is 2.94. The normalized spacial score (nSPS) is 11.2. The molecule has 6 heteroatoms. The molecule has 0 heterocycles. The van der Waals surface area contributed by atoms with Crippen LogP contribution in [-0.2, 0) is 0 Å². The maximum atomic E-state index is 10.8. The van der Waals surface area contributed by atoms with Gasteiger partial charge < -0.3 is 10.9 Å². The Balaban J connectivity index is 2.89. The number of nitrogens with zero attached hydrogens (tertiary/aromatic N) is 3. The highest BCUT2D eigenvalue weighted by atomic mass is 16.5. The topological polar surface area (TPSA) is 84.8 Å². The molecule has 0 saturated heterocycles. The molecule has 0 unspecified atom stereocenters. The van der Waals surface area contributed by atoms with E-state index in [2.05, 4.69) is 5.22 Å². The first-order valence-corrected chi connectivity index (χ1v) is 4.26. The second-order valence-electron chi connectivity index (χ2n) is 2.99. The van der Waals surface area contributed by atoms with E-state index in [4.69, 9.17) is 5.73 Å². The molecule has 0 radical (unpaired) electrons. The van der Waals surface area contributed by atoms with Crippen LogP contribution in [0.25, 0.3) is 0 Å². The number of rotatable bonds is 3. The Morgan fingerprint density at radius 2 is 2.00 bits per heavy atom. The summed E-state index contributed by atoms with van der Waals surface area (Å²) in [6, 6.07) is 6.48. The minimum Gasteiger partial charge on any atom is -0.696 e. The van der Waals surface area contributed by atoms with E-state index in [1.165, 1.54) is 12.1 Å². The Hall–Kier alpha value is -2.11. The molecule has 0 aliphatic carbocycles. The summed E-state index contributed by atoms with van der Waals surface area (Å²) in [7, 11) is 2.92. The first-order valence-electron chi connectivity index (χ1n) is 4.26. The van der Waals surface area contributed by atoms with Gasteiger partial charge >= 0.3 is 0 Å². The van der Waals surface area contributed by atoms with Gasteiger partial charge in [-0.15, -0.1) is 5.01 Å². The fraction of sp³-hybridized carbons (Fsp3) is 0.222. The quantitative estimate of drug-likeness (QED) is 0.451. The summed E-state index contributed by atoms with van der Waals surface area (Å²) in [6.45, 7) is 0. The van der Waals surface area contributed by atoms with Crippen LogP contribution in [0.2, 0.25) is 0 Å². The van der Waals surface area contributed by atoms with E-state index in [0.29, 0.717) is 16.1 Å². The Bertz CT molecular complexity index is 382. The second kappa shape index (κ2) is 4.41. The third-order valence-electron chi connectivity index (χ3n) is 1.79. The van der Waals surface area contributed by atoms with Crippen molar-refractivity contribution in [1.82, 2.24) is 0 Å². The standard InChI is InChI=1S/C9H12N4O2/c1-12(11-13(2)15)8-5-3-7(4-6-8)9(10)14/h3-6H,1-2H3,(H2,10,14). The minimum atomic E-state index is -0.484. The van der Waals surface area contributed by atoms with Crippen LogP contribution >= 0.6 is 0 Å². The summed E-state index contributed by atoms with van der Waals surface area (Å²) in [6.07, 6.45) is 0. The molecule has 2 N–H and O–H groups in total. The van der Waals surface area contributed by atoms with Crippen molar-refractivity contribution in [2.45, 2.75) is 0 Å². The van der Waals surface area contributed by atoms with E-state index < -0.39 is 5.91 Å². The van der Waals surface area contributed by atoms with E-state index >= 15 is 0 Å². The van der Waals surface area contributed by atoms with Crippen LogP contribution in [0.5, 0.6) is 0 Å². The number of carbonyl (C=O) groups excluding carboxylic acids is 1. The number of anilines is 1. The first-order chi connectivity index (χ1) is 7.00. The van der Waals surface area contributed by atoms with Crippen LogP contribution in [-0.4, -0.2) is 24.9 Å². The summed E-state index contributed by atoms with van der Waals surface area (Å²) < 4.78 is 0. The molecule has 0 bridgehead atoms. The van der Waals surface area contributed by atoms with Crippen LogP contribution in [0.1, 0.15) is 10.4 Å². The molecule has 80 valence electrons. The average molecular weight is 208 g/mol. The van der Waals surface area contributed by atoms with Gasteiger partial charge in [-0.3, -0.25) is 4.79 Å². The molecule has 0 spiro atoms. The molecule has 0 aliphatic rings. The maximum Gasteiger partial charge on any atom is 0.248 e. The summed E-state index contributed by atoms with van der Waals surface area (Å²) in [5.74, 6) is -0.484. The monoisotopic (exact) mass is 208 g/mol. The van der Waals surface area contributed by atoms with Crippen molar-refractivity contribution in [1.29, 1.82) is 0 Å². The lowest BCUT2D eigenvalue weighted by molar-refractivity contribution is -0.500. The molecule has 1 rings (SSSR count). The van der Waals surface area contributed by atoms with E-state index in [0.717, 1.165) is 0 Å². The number of amides is 1. The Morgan fingerprint density at radius 3 is 2.40 bits per heavy atom. The van der Waals surface area contributed by atoms with Crippen LogP contribution in [0.4, 0.5) is 5.69 Å². The Morgan fingerprint density at radius 1 is 1.47 bits per heavy atom. The van der Waals surface area contributed by atoms with Crippen molar-refractivity contribution < 1.29 is 9.66 Å². The molecule has 0 aliphatic heterocycles. The molecule has 1 amide bonds. The zero-order valence-corrected chi connectivity index (χ0v) is 8.54. The highest BCUT2D eigenvalue weighted by Gasteiger charge is 2.07. The number of hydroxylamine groups is 1. The Kier molecular flexibility index (Phi) is 3.22. The van der Waals surface area contributed by atoms with Crippen molar-refractivity contribution >= 4 is 11.6 Å². The molecular formula is C9H12N4O2. The van der Waals surface area contributed by atoms with E-state index in [1.807, 2.05) is 0 Å². The molecular weight excluding hydrogens is 196 g/mol. The van der Waals surface area contributed by atoms with Crippen LogP contribution in [0.15, 0.2) is 29.5 Å². The van der Waals surface area contributed by atoms with Crippen molar-refractivity contribution in [3.63, 3.8) is 0 Å². The van der Waals surface area contributed by atoms with E-state index in [1.54, 1.807) is 31.3 Å². The molecule has 0 fully saturated rings. The fourth-order valence-corrected chi connectivity index (χ4v) is 1.08. The number of hydrogen-bond donors (Lipinski definition) is 1. The second-order valence-corrected chi connectivity index (χ2v) is 2.99. The van der Waals surface area contributed by atoms with Gasteiger partial charge in [-0.25, -0.2) is 0 Å². The predicted octanol–water partition coefficient (Wildman–Crippen LogP) is 0.729. The van der Waals surface area contributed by atoms with E-state index in [-0.39, 0.29) is 0 Å². The zero-order valence-electron chi connectivity index (χ0n) is 8.54. The summed E-state index contributed by atoms with van der Waals surface area (Å²) in [4.78, 5) is 11.2. The van der Waals surface area contributed by atoms with Gasteiger partial charge in [0, 0.05) is 5.56 Å². The highest BCUT2D eigenvalue weighted by Crippen LogP contribution is 2.13. The predicted molar refractivity (Wildman–Crippen MR) is 55.3 cm³/mol. The van der Waals surface area contributed by atoms with Gasteiger partial charge in [-0.2, -0.15) is 4.86 Å². The lowest BCUT2D eigenvalue weighted by Gasteiger charge is -2.07. The molecule has 1 aromatic carbocycles. The van der Waals surface area contributed by atoms with E-state index in [9.17, 15) is 10.0 Å². The summed E-state index contributed by atoms with van der Waals surface area (Å²) in [5, 5.41) is 15.7. The lowest BCUT2D eigenvalue weighted by atomic mass is 10.2. The number of carbonyl (C=O) groups is 1. The molecule has 6 nitrogen and oxygen atoms in total. The smallest absolute Gasteiger partial charge is 0.248 e. The fourth-order valence-electron chi connectivity index (χ4n) is 1.08. The number of hydrogen-bond acceptors (Lipinski definition) is 3. The number of primary amides is 1. The summed E-state index contributed by atoms with van der Waals surface area (Å²) >= 11 is 0. The van der Waals surface area contributed by atoms with Crippen molar-refractivity contribution in [3.8, 4) is 0 Å². The zero-order chi connectivity index (χ0) is 11.4. The number of nitrogens with two attached hydrogens (primary N) is 1. The maximum absolute atomic E-state index is 10.8. The van der Waals surface area contributed by atoms with Crippen molar-refractivity contribution in [2.24, 2.45) is 11.0 Å². The highest BCUT2D eigenvalue weighted by molar-refractivity contribution is 5.93. The SMILES string of the molecule is CN(N=[N+](C)[O-])c1ccc(C(N)=O)cc1. The Labute approximate surface area is 87.2 Å². The summed E-state index contributed by atoms with van der Waals surface area (Å²) in [5.41, 5.74) is 6.20. The van der Waals surface area contributed by atoms with Gasteiger partial charge in [-0.1, -0.05) is 0 Å². The molecule has 0 atom stereocenters. The van der Waals surface area contributed by atoms with Crippen LogP contribution in [0, 0.1) is 5.21 Å². The van der Waals surface area contributed by atoms with Crippen LogP contribution in [0.3, 0.4) is 0 Å². The minimum absolute atomic E-state index is 0.419. The lowest BCUT2D eigenvalue weighted by Crippen LogP contribution is -2.13. The van der Waals surface area contributed by atoms with Gasteiger partial charge in [0.05, 0.1) is 5.22 Å². The third-order valence-corrected chi connectivity index (χ3v) is 1.79. The van der Waals surface area contributed by atoms with Gasteiger partial charge in [0.2, 0.25) is 5.91 Å². The average Bonchev–Trinajstić information content (AvgIpc) is 2.17. The number of benzene rings is 1.